The van der Waals surface area contributed by atoms with Crippen molar-refractivity contribution in [2.24, 2.45) is 5.73 Å². The van der Waals surface area contributed by atoms with E-state index in [0.717, 1.165) is 0 Å². The molecule has 3 N–H and O–H groups in total. The van der Waals surface area contributed by atoms with Crippen molar-refractivity contribution in [3.8, 4) is 0 Å². The Morgan fingerprint density at radius 2 is 2.41 bits per heavy atom. The van der Waals surface area contributed by atoms with E-state index in [9.17, 15) is 14.9 Å². The summed E-state index contributed by atoms with van der Waals surface area (Å²) in [5.74, 6) is -0.240. The normalized spacial score (nSPS) is 10.2. The van der Waals surface area contributed by atoms with Gasteiger partial charge in [-0.1, -0.05) is 0 Å². The number of carbonyl (C=O) groups excluding carboxylic acids is 1. The number of aryl methyl sites for hydroxylation is 1. The summed E-state index contributed by atoms with van der Waals surface area (Å²) in [5.41, 5.74) is 5.49. The Kier molecular flexibility index (Phi) is 4.58. The van der Waals surface area contributed by atoms with Crippen LogP contribution in [0.25, 0.3) is 0 Å². The van der Waals surface area contributed by atoms with Crippen molar-refractivity contribution in [2.75, 3.05) is 13.1 Å². The average molecular weight is 241 g/mol. The van der Waals surface area contributed by atoms with Crippen LogP contribution < -0.4 is 11.1 Å². The predicted octanol–water partition coefficient (Wildman–Crippen LogP) is -0.435. The Bertz CT molecular complexity index is 415. The van der Waals surface area contributed by atoms with E-state index in [4.69, 9.17) is 5.73 Å². The molecule has 0 aliphatic rings. The minimum atomic E-state index is -0.523. The topological polar surface area (TPSA) is 116 Å². The number of carbonyl (C=O) groups is 1. The number of hydrogen-bond acceptors (Lipinski definition) is 5. The molecule has 0 bridgehead atoms. The molecule has 1 amide bonds. The number of nitrogens with zero attached hydrogens (tertiary/aromatic N) is 3. The summed E-state index contributed by atoms with van der Waals surface area (Å²) >= 11 is 0. The summed E-state index contributed by atoms with van der Waals surface area (Å²) in [6.07, 6.45) is 1.95. The minimum absolute atomic E-state index is 0.0285. The van der Waals surface area contributed by atoms with Crippen LogP contribution in [0, 0.1) is 17.0 Å². The number of nitro groups is 1. The van der Waals surface area contributed by atoms with Crippen LogP contribution in [-0.2, 0) is 11.3 Å². The zero-order valence-corrected chi connectivity index (χ0v) is 9.55. The Morgan fingerprint density at radius 1 is 1.71 bits per heavy atom. The Hall–Kier alpha value is -1.96. The van der Waals surface area contributed by atoms with Crippen LogP contribution in [0.1, 0.15) is 12.1 Å². The molecule has 0 radical (unpaired) electrons. The van der Waals surface area contributed by atoms with Gasteiger partial charge >= 0.3 is 5.69 Å². The van der Waals surface area contributed by atoms with Crippen molar-refractivity contribution in [3.63, 3.8) is 0 Å². The molecule has 0 atom stereocenters. The van der Waals surface area contributed by atoms with Crippen LogP contribution >= 0.6 is 0 Å². The summed E-state index contributed by atoms with van der Waals surface area (Å²) in [5, 5.41) is 17.1. The van der Waals surface area contributed by atoms with Crippen molar-refractivity contribution in [1.82, 2.24) is 15.1 Å². The number of hydrogen-bond donors (Lipinski definition) is 2. The molecule has 8 heteroatoms. The molecule has 1 aromatic rings. The summed E-state index contributed by atoms with van der Waals surface area (Å²) in [6.45, 7) is 2.50. The second kappa shape index (κ2) is 5.94. The van der Waals surface area contributed by atoms with Crippen LogP contribution in [0.15, 0.2) is 6.20 Å². The molecule has 1 aromatic heterocycles. The quantitative estimate of drug-likeness (QED) is 0.398. The fourth-order valence-corrected chi connectivity index (χ4v) is 1.30. The molecule has 1 rings (SSSR count). The second-order valence-electron chi connectivity index (χ2n) is 3.55. The van der Waals surface area contributed by atoms with Crippen molar-refractivity contribution in [3.05, 3.63) is 22.0 Å². The van der Waals surface area contributed by atoms with E-state index < -0.39 is 4.92 Å². The van der Waals surface area contributed by atoms with Crippen LogP contribution in [0.4, 0.5) is 5.69 Å². The second-order valence-corrected chi connectivity index (χ2v) is 3.55. The number of nitrogens with one attached hydrogen (secondary N) is 1. The van der Waals surface area contributed by atoms with E-state index >= 15 is 0 Å². The van der Waals surface area contributed by atoms with Crippen molar-refractivity contribution in [2.45, 2.75) is 19.9 Å². The lowest BCUT2D eigenvalue weighted by Crippen LogP contribution is -2.29. The first-order valence-corrected chi connectivity index (χ1v) is 5.19. The first-order chi connectivity index (χ1) is 8.04. The standard InChI is InChI=1S/C9H15N5O3/c1-7-8(14(16)17)5-13(12-7)6-9(15)11-4-2-3-10/h5H,2-4,6,10H2,1H3,(H,11,15). The molecule has 17 heavy (non-hydrogen) atoms. The van der Waals surface area contributed by atoms with Gasteiger partial charge in [-0.15, -0.1) is 0 Å². The third-order valence-electron chi connectivity index (χ3n) is 2.13. The molecule has 0 fully saturated rings. The minimum Gasteiger partial charge on any atom is -0.354 e. The molecule has 0 saturated heterocycles. The third kappa shape index (κ3) is 3.83. The lowest BCUT2D eigenvalue weighted by atomic mass is 10.4. The highest BCUT2D eigenvalue weighted by Gasteiger charge is 2.16. The SMILES string of the molecule is Cc1nn(CC(=O)NCCCN)cc1[N+](=O)[O-]. The van der Waals surface area contributed by atoms with Crippen molar-refractivity contribution in [1.29, 1.82) is 0 Å². The van der Waals surface area contributed by atoms with Gasteiger partial charge in [-0.2, -0.15) is 5.10 Å². The average Bonchev–Trinajstić information content (AvgIpc) is 2.60. The Balaban J connectivity index is 2.54. The molecule has 0 aliphatic carbocycles. The summed E-state index contributed by atoms with van der Waals surface area (Å²) in [6, 6.07) is 0. The zero-order valence-electron chi connectivity index (χ0n) is 9.55. The van der Waals surface area contributed by atoms with Gasteiger partial charge in [0.05, 0.1) is 4.92 Å². The first-order valence-electron chi connectivity index (χ1n) is 5.19. The van der Waals surface area contributed by atoms with Gasteiger partial charge in [0.1, 0.15) is 18.4 Å². The predicted molar refractivity (Wildman–Crippen MR) is 60.3 cm³/mol. The van der Waals surface area contributed by atoms with Crippen LogP contribution in [0.2, 0.25) is 0 Å². The van der Waals surface area contributed by atoms with Crippen molar-refractivity contribution < 1.29 is 9.72 Å². The van der Waals surface area contributed by atoms with Gasteiger partial charge in [-0.25, -0.2) is 0 Å². The zero-order chi connectivity index (χ0) is 12.8. The molecule has 0 spiro atoms. The monoisotopic (exact) mass is 241 g/mol. The molecule has 0 aliphatic heterocycles. The summed E-state index contributed by atoms with van der Waals surface area (Å²) < 4.78 is 1.26. The fraction of sp³-hybridized carbons (Fsp3) is 0.556. The molecule has 0 aromatic carbocycles. The Morgan fingerprint density at radius 3 is 2.94 bits per heavy atom. The number of rotatable bonds is 6. The maximum atomic E-state index is 11.4. The van der Waals surface area contributed by atoms with E-state index in [1.165, 1.54) is 17.8 Å². The third-order valence-corrected chi connectivity index (χ3v) is 2.13. The highest BCUT2D eigenvalue weighted by molar-refractivity contribution is 5.75. The molecule has 0 saturated carbocycles. The lowest BCUT2D eigenvalue weighted by molar-refractivity contribution is -0.385. The van der Waals surface area contributed by atoms with E-state index in [-0.39, 0.29) is 18.1 Å². The maximum Gasteiger partial charge on any atom is 0.309 e. The lowest BCUT2D eigenvalue weighted by Gasteiger charge is -2.03. The van der Waals surface area contributed by atoms with Crippen molar-refractivity contribution >= 4 is 11.6 Å². The van der Waals surface area contributed by atoms with Gasteiger partial charge in [0.2, 0.25) is 5.91 Å². The van der Waals surface area contributed by atoms with Gasteiger partial charge in [-0.05, 0) is 19.9 Å². The summed E-state index contributed by atoms with van der Waals surface area (Å²) in [7, 11) is 0. The van der Waals surface area contributed by atoms with Crippen LogP contribution in [-0.4, -0.2) is 33.7 Å². The highest BCUT2D eigenvalue weighted by atomic mass is 16.6. The van der Waals surface area contributed by atoms with Gasteiger partial charge in [0.25, 0.3) is 0 Å². The first kappa shape index (κ1) is 13.1. The number of nitrogens with two attached hydrogens (primary N) is 1. The Labute approximate surface area is 97.9 Å². The van der Waals surface area contributed by atoms with Crippen LogP contribution in [0.5, 0.6) is 0 Å². The number of aromatic nitrogens is 2. The highest BCUT2D eigenvalue weighted by Crippen LogP contribution is 2.14. The van der Waals surface area contributed by atoms with E-state index in [0.29, 0.717) is 25.2 Å². The number of amides is 1. The molecule has 8 nitrogen and oxygen atoms in total. The molecular weight excluding hydrogens is 226 g/mol. The fourth-order valence-electron chi connectivity index (χ4n) is 1.30. The smallest absolute Gasteiger partial charge is 0.309 e. The van der Waals surface area contributed by atoms with E-state index in [2.05, 4.69) is 10.4 Å². The van der Waals surface area contributed by atoms with Gasteiger partial charge in [0, 0.05) is 6.54 Å². The molecular formula is C9H15N5O3. The van der Waals surface area contributed by atoms with Crippen LogP contribution in [0.3, 0.4) is 0 Å². The van der Waals surface area contributed by atoms with E-state index in [1.807, 2.05) is 0 Å². The maximum absolute atomic E-state index is 11.4. The van der Waals surface area contributed by atoms with Gasteiger partial charge in [0.15, 0.2) is 0 Å². The van der Waals surface area contributed by atoms with Gasteiger partial charge < -0.3 is 11.1 Å². The largest absolute Gasteiger partial charge is 0.354 e. The van der Waals surface area contributed by atoms with Gasteiger partial charge in [-0.3, -0.25) is 19.6 Å². The molecule has 0 unspecified atom stereocenters. The molecule has 1 heterocycles. The van der Waals surface area contributed by atoms with E-state index in [1.54, 1.807) is 0 Å². The molecule has 94 valence electrons. The summed E-state index contributed by atoms with van der Waals surface area (Å²) in [4.78, 5) is 21.4.